The van der Waals surface area contributed by atoms with Crippen LogP contribution in [0.4, 0.5) is 0 Å². The lowest BCUT2D eigenvalue weighted by molar-refractivity contribution is -0.138. The minimum Gasteiger partial charge on any atom is -0.481 e. The fourth-order valence-corrected chi connectivity index (χ4v) is 1.94. The van der Waals surface area contributed by atoms with Crippen molar-refractivity contribution in [1.82, 2.24) is 5.32 Å². The number of carboxylic acids is 1. The molecule has 2 N–H and O–H groups in total. The molecular weight excluding hydrogens is 282 g/mol. The monoisotopic (exact) mass is 307 g/mol. The van der Waals surface area contributed by atoms with Crippen LogP contribution in [-0.2, 0) is 20.9 Å². The van der Waals surface area contributed by atoms with E-state index >= 15 is 0 Å². The second-order valence-corrected chi connectivity index (χ2v) is 6.28. The molecule has 0 aliphatic heterocycles. The zero-order valence-corrected chi connectivity index (χ0v) is 13.5. The molecule has 5 nitrogen and oxygen atoms in total. The van der Waals surface area contributed by atoms with Gasteiger partial charge in [-0.3, -0.25) is 9.59 Å². The molecule has 0 heterocycles. The van der Waals surface area contributed by atoms with Crippen LogP contribution < -0.4 is 5.32 Å². The Morgan fingerprint density at radius 1 is 1.27 bits per heavy atom. The van der Waals surface area contributed by atoms with E-state index in [0.29, 0.717) is 19.8 Å². The van der Waals surface area contributed by atoms with Crippen LogP contribution in [0.1, 0.15) is 32.8 Å². The third kappa shape index (κ3) is 6.72. The summed E-state index contributed by atoms with van der Waals surface area (Å²) in [5.41, 5.74) is 0.409. The van der Waals surface area contributed by atoms with Crippen molar-refractivity contribution in [2.24, 2.45) is 11.3 Å². The number of nitrogens with one attached hydrogen (secondary N) is 1. The predicted octanol–water partition coefficient (Wildman–Crippen LogP) is 2.46. The second-order valence-electron chi connectivity index (χ2n) is 6.28. The maximum Gasteiger partial charge on any atom is 0.303 e. The molecule has 1 aromatic rings. The minimum absolute atomic E-state index is 0.0468. The van der Waals surface area contributed by atoms with Gasteiger partial charge in [-0.2, -0.15) is 0 Å². The van der Waals surface area contributed by atoms with Crippen LogP contribution in [0.15, 0.2) is 30.3 Å². The van der Waals surface area contributed by atoms with E-state index < -0.39 is 11.4 Å². The van der Waals surface area contributed by atoms with Gasteiger partial charge in [0, 0.05) is 13.0 Å². The quantitative estimate of drug-likeness (QED) is 0.735. The number of ether oxygens (including phenoxy) is 1. The molecular formula is C17H25NO4. The average Bonchev–Trinajstić information content (AvgIpc) is 2.45. The summed E-state index contributed by atoms with van der Waals surface area (Å²) in [5.74, 6) is -1.08. The zero-order valence-electron chi connectivity index (χ0n) is 13.5. The van der Waals surface area contributed by atoms with E-state index in [-0.39, 0.29) is 18.2 Å². The van der Waals surface area contributed by atoms with Crippen molar-refractivity contribution in [1.29, 1.82) is 0 Å². The Kier molecular flexibility index (Phi) is 7.05. The zero-order chi connectivity index (χ0) is 16.6. The highest BCUT2D eigenvalue weighted by atomic mass is 16.5. The van der Waals surface area contributed by atoms with Gasteiger partial charge in [0.2, 0.25) is 5.91 Å². The highest BCUT2D eigenvalue weighted by molar-refractivity contribution is 5.82. The first-order valence-electron chi connectivity index (χ1n) is 7.43. The molecule has 1 aromatic carbocycles. The Morgan fingerprint density at radius 2 is 1.91 bits per heavy atom. The fourth-order valence-electron chi connectivity index (χ4n) is 1.94. The van der Waals surface area contributed by atoms with Crippen LogP contribution in [-0.4, -0.2) is 30.1 Å². The Morgan fingerprint density at radius 3 is 2.50 bits per heavy atom. The predicted molar refractivity (Wildman–Crippen MR) is 84.3 cm³/mol. The summed E-state index contributed by atoms with van der Waals surface area (Å²) in [6.45, 7) is 6.55. The lowest BCUT2D eigenvalue weighted by atomic mass is 9.93. The van der Waals surface area contributed by atoms with Crippen molar-refractivity contribution < 1.29 is 19.4 Å². The van der Waals surface area contributed by atoms with Gasteiger partial charge in [-0.05, 0) is 25.3 Å². The summed E-state index contributed by atoms with van der Waals surface area (Å²) in [5, 5.41) is 11.5. The molecule has 22 heavy (non-hydrogen) atoms. The molecule has 0 saturated carbocycles. The highest BCUT2D eigenvalue weighted by Crippen LogP contribution is 2.17. The molecule has 0 aliphatic carbocycles. The summed E-state index contributed by atoms with van der Waals surface area (Å²) in [7, 11) is 0. The number of hydrogen-bond donors (Lipinski definition) is 2. The number of carbonyl (C=O) groups excluding carboxylic acids is 1. The van der Waals surface area contributed by atoms with E-state index in [4.69, 9.17) is 9.84 Å². The molecule has 1 unspecified atom stereocenters. The van der Waals surface area contributed by atoms with E-state index in [0.717, 1.165) is 5.56 Å². The lowest BCUT2D eigenvalue weighted by Gasteiger charge is -2.24. The molecule has 1 amide bonds. The number of amides is 1. The van der Waals surface area contributed by atoms with E-state index in [9.17, 15) is 9.59 Å². The molecule has 1 rings (SSSR count). The van der Waals surface area contributed by atoms with Crippen molar-refractivity contribution in [2.45, 2.75) is 33.8 Å². The van der Waals surface area contributed by atoms with E-state index in [1.165, 1.54) is 0 Å². The SMILES string of the molecule is CC(CNC(=O)C(C)(C)COCc1ccccc1)CC(=O)O. The third-order valence-corrected chi connectivity index (χ3v) is 3.32. The highest BCUT2D eigenvalue weighted by Gasteiger charge is 2.28. The number of carbonyl (C=O) groups is 2. The molecule has 122 valence electrons. The van der Waals surface area contributed by atoms with E-state index in [2.05, 4.69) is 5.32 Å². The third-order valence-electron chi connectivity index (χ3n) is 3.32. The average molecular weight is 307 g/mol. The van der Waals surface area contributed by atoms with Gasteiger partial charge >= 0.3 is 5.97 Å². The van der Waals surface area contributed by atoms with Crippen molar-refractivity contribution in [3.8, 4) is 0 Å². The molecule has 0 saturated heterocycles. The molecule has 0 aromatic heterocycles. The molecule has 0 radical (unpaired) electrons. The molecule has 0 aliphatic rings. The Labute approximate surface area is 131 Å². The van der Waals surface area contributed by atoms with E-state index in [1.54, 1.807) is 6.92 Å². The first kappa shape index (κ1) is 18.2. The van der Waals surface area contributed by atoms with Crippen LogP contribution in [0.2, 0.25) is 0 Å². The number of aliphatic carboxylic acids is 1. The standard InChI is InChI=1S/C17H25NO4/c1-13(9-15(19)20)10-18-16(21)17(2,3)12-22-11-14-7-5-4-6-8-14/h4-8,13H,9-12H2,1-3H3,(H,18,21)(H,19,20). The van der Waals surface area contributed by atoms with Gasteiger partial charge < -0.3 is 15.2 Å². The maximum absolute atomic E-state index is 12.2. The summed E-state index contributed by atoms with van der Waals surface area (Å²) >= 11 is 0. The molecule has 0 spiro atoms. The van der Waals surface area contributed by atoms with Gasteiger partial charge in [-0.1, -0.05) is 37.3 Å². The fraction of sp³-hybridized carbons (Fsp3) is 0.529. The van der Waals surface area contributed by atoms with Crippen molar-refractivity contribution in [3.63, 3.8) is 0 Å². The second kappa shape index (κ2) is 8.54. The Balaban J connectivity index is 2.34. The summed E-state index contributed by atoms with van der Waals surface area (Å²) in [6, 6.07) is 9.78. The molecule has 0 bridgehead atoms. The van der Waals surface area contributed by atoms with Gasteiger partial charge in [0.1, 0.15) is 0 Å². The minimum atomic E-state index is -0.854. The van der Waals surface area contributed by atoms with Gasteiger partial charge in [-0.15, -0.1) is 0 Å². The largest absolute Gasteiger partial charge is 0.481 e. The Bertz CT molecular complexity index is 485. The number of benzene rings is 1. The van der Waals surface area contributed by atoms with Crippen molar-refractivity contribution >= 4 is 11.9 Å². The lowest BCUT2D eigenvalue weighted by Crippen LogP contribution is -2.41. The van der Waals surface area contributed by atoms with Gasteiger partial charge in [0.15, 0.2) is 0 Å². The van der Waals surface area contributed by atoms with Crippen LogP contribution >= 0.6 is 0 Å². The summed E-state index contributed by atoms with van der Waals surface area (Å²) < 4.78 is 5.62. The topological polar surface area (TPSA) is 75.6 Å². The summed E-state index contributed by atoms with van der Waals surface area (Å²) in [4.78, 5) is 22.8. The van der Waals surface area contributed by atoms with Crippen LogP contribution in [0.5, 0.6) is 0 Å². The van der Waals surface area contributed by atoms with Gasteiger partial charge in [0.25, 0.3) is 0 Å². The number of rotatable bonds is 9. The van der Waals surface area contributed by atoms with Gasteiger partial charge in [-0.25, -0.2) is 0 Å². The molecule has 0 fully saturated rings. The maximum atomic E-state index is 12.2. The summed E-state index contributed by atoms with van der Waals surface area (Å²) in [6.07, 6.45) is 0.0468. The molecule has 5 heteroatoms. The smallest absolute Gasteiger partial charge is 0.303 e. The Hall–Kier alpha value is -1.88. The van der Waals surface area contributed by atoms with Crippen LogP contribution in [0.3, 0.4) is 0 Å². The first-order chi connectivity index (χ1) is 10.3. The number of carboxylic acid groups (broad SMARTS) is 1. The van der Waals surface area contributed by atoms with Crippen LogP contribution in [0.25, 0.3) is 0 Å². The molecule has 1 atom stereocenters. The first-order valence-corrected chi connectivity index (χ1v) is 7.43. The van der Waals surface area contributed by atoms with Crippen molar-refractivity contribution in [3.05, 3.63) is 35.9 Å². The van der Waals surface area contributed by atoms with Crippen LogP contribution in [0, 0.1) is 11.3 Å². The number of hydrogen-bond acceptors (Lipinski definition) is 3. The normalized spacial score (nSPS) is 12.7. The van der Waals surface area contributed by atoms with Crippen molar-refractivity contribution in [2.75, 3.05) is 13.2 Å². The van der Waals surface area contributed by atoms with E-state index in [1.807, 2.05) is 44.2 Å². The van der Waals surface area contributed by atoms with Gasteiger partial charge in [0.05, 0.1) is 18.6 Å².